The summed E-state index contributed by atoms with van der Waals surface area (Å²) in [6.07, 6.45) is 4.32. The minimum Gasteiger partial charge on any atom is -0.326 e. The molecule has 0 spiro atoms. The van der Waals surface area contributed by atoms with E-state index in [9.17, 15) is 0 Å². The highest BCUT2D eigenvalue weighted by Crippen LogP contribution is 2.23. The maximum Gasteiger partial charge on any atom is 0.132 e. The van der Waals surface area contributed by atoms with Crippen LogP contribution in [-0.2, 0) is 6.54 Å². The van der Waals surface area contributed by atoms with Crippen LogP contribution in [0.1, 0.15) is 32.3 Å². The maximum atomic E-state index is 4.65. The molecule has 0 saturated heterocycles. The van der Waals surface area contributed by atoms with Crippen molar-refractivity contribution >= 4 is 11.5 Å². The molecule has 2 rings (SSSR count). The number of hydrogen-bond donors (Lipinski definition) is 1. The van der Waals surface area contributed by atoms with Crippen LogP contribution >= 0.6 is 0 Å². The standard InChI is InChI=1S/C18H25N3/c1-3-5-13-21(17-9-7-6-8-10-17)18-12-11-16(15-20-18)14-19-4-2/h6-12,15,19H,3-5,13-14H2,1-2H3. The lowest BCUT2D eigenvalue weighted by molar-refractivity contribution is 0.723. The van der Waals surface area contributed by atoms with Gasteiger partial charge in [-0.3, -0.25) is 0 Å². The molecule has 0 unspecified atom stereocenters. The topological polar surface area (TPSA) is 28.2 Å². The van der Waals surface area contributed by atoms with Crippen LogP contribution in [0.2, 0.25) is 0 Å². The molecule has 0 amide bonds. The predicted octanol–water partition coefficient (Wildman–Crippen LogP) is 4.13. The Labute approximate surface area is 128 Å². The molecule has 0 aliphatic rings. The summed E-state index contributed by atoms with van der Waals surface area (Å²) in [6.45, 7) is 7.19. The van der Waals surface area contributed by atoms with Gasteiger partial charge < -0.3 is 10.2 Å². The van der Waals surface area contributed by atoms with Gasteiger partial charge in [0.05, 0.1) is 0 Å². The van der Waals surface area contributed by atoms with Crippen molar-refractivity contribution in [3.8, 4) is 0 Å². The van der Waals surface area contributed by atoms with Gasteiger partial charge in [0.1, 0.15) is 5.82 Å². The van der Waals surface area contributed by atoms with Crippen molar-refractivity contribution in [3.05, 3.63) is 54.2 Å². The van der Waals surface area contributed by atoms with Gasteiger partial charge in [-0.2, -0.15) is 0 Å². The van der Waals surface area contributed by atoms with E-state index < -0.39 is 0 Å². The molecule has 1 N–H and O–H groups in total. The van der Waals surface area contributed by atoms with Crippen molar-refractivity contribution in [1.29, 1.82) is 0 Å². The minimum atomic E-state index is 0.879. The average molecular weight is 283 g/mol. The van der Waals surface area contributed by atoms with E-state index in [1.165, 1.54) is 17.7 Å². The number of nitrogens with zero attached hydrogens (tertiary/aromatic N) is 2. The van der Waals surface area contributed by atoms with Crippen LogP contribution in [0.4, 0.5) is 11.5 Å². The molecule has 3 nitrogen and oxygen atoms in total. The monoisotopic (exact) mass is 283 g/mol. The molecule has 2 aromatic rings. The van der Waals surface area contributed by atoms with Gasteiger partial charge >= 0.3 is 0 Å². The largest absolute Gasteiger partial charge is 0.326 e. The number of para-hydroxylation sites is 1. The van der Waals surface area contributed by atoms with Crippen LogP contribution in [-0.4, -0.2) is 18.1 Å². The van der Waals surface area contributed by atoms with E-state index in [1.807, 2.05) is 6.20 Å². The fourth-order valence-electron chi connectivity index (χ4n) is 2.25. The molecule has 0 atom stereocenters. The van der Waals surface area contributed by atoms with Gasteiger partial charge in [0.2, 0.25) is 0 Å². The Bertz CT molecular complexity index is 508. The highest BCUT2D eigenvalue weighted by molar-refractivity contribution is 5.59. The summed E-state index contributed by atoms with van der Waals surface area (Å²) >= 11 is 0. The molecule has 0 aliphatic carbocycles. The lowest BCUT2D eigenvalue weighted by Gasteiger charge is -2.24. The van der Waals surface area contributed by atoms with Gasteiger partial charge in [0.25, 0.3) is 0 Å². The lowest BCUT2D eigenvalue weighted by atomic mass is 10.2. The first-order chi connectivity index (χ1) is 10.3. The van der Waals surface area contributed by atoms with E-state index >= 15 is 0 Å². The van der Waals surface area contributed by atoms with Crippen molar-refractivity contribution in [1.82, 2.24) is 10.3 Å². The summed E-state index contributed by atoms with van der Waals surface area (Å²) in [7, 11) is 0. The maximum absolute atomic E-state index is 4.65. The zero-order valence-corrected chi connectivity index (χ0v) is 13.0. The molecule has 0 fully saturated rings. The summed E-state index contributed by atoms with van der Waals surface area (Å²) < 4.78 is 0. The third kappa shape index (κ3) is 4.57. The van der Waals surface area contributed by atoms with E-state index in [0.717, 1.165) is 31.9 Å². The van der Waals surface area contributed by atoms with Gasteiger partial charge in [0, 0.05) is 25.0 Å². The molecule has 21 heavy (non-hydrogen) atoms. The van der Waals surface area contributed by atoms with E-state index in [-0.39, 0.29) is 0 Å². The zero-order chi connectivity index (χ0) is 14.9. The highest BCUT2D eigenvalue weighted by Gasteiger charge is 2.09. The Morgan fingerprint density at radius 1 is 1.05 bits per heavy atom. The molecule has 1 aromatic heterocycles. The molecule has 112 valence electrons. The van der Waals surface area contributed by atoms with Crippen LogP contribution < -0.4 is 10.2 Å². The average Bonchev–Trinajstić information content (AvgIpc) is 2.55. The molecule has 3 heteroatoms. The number of anilines is 2. The summed E-state index contributed by atoms with van der Waals surface area (Å²) in [4.78, 5) is 6.94. The van der Waals surface area contributed by atoms with E-state index in [1.54, 1.807) is 0 Å². The third-order valence-electron chi connectivity index (χ3n) is 3.47. The van der Waals surface area contributed by atoms with Gasteiger partial charge in [-0.05, 0) is 36.7 Å². The first-order valence-corrected chi connectivity index (χ1v) is 7.83. The number of aromatic nitrogens is 1. The number of hydrogen-bond acceptors (Lipinski definition) is 3. The Kier molecular flexibility index (Phi) is 6.22. The van der Waals surface area contributed by atoms with Crippen molar-refractivity contribution in [2.75, 3.05) is 18.0 Å². The second kappa shape index (κ2) is 8.42. The fraction of sp³-hybridized carbons (Fsp3) is 0.389. The second-order valence-electron chi connectivity index (χ2n) is 5.15. The van der Waals surface area contributed by atoms with Crippen LogP contribution in [0.3, 0.4) is 0 Å². The normalized spacial score (nSPS) is 10.6. The van der Waals surface area contributed by atoms with Gasteiger partial charge in [-0.15, -0.1) is 0 Å². The Balaban J connectivity index is 2.16. The molecular formula is C18H25N3. The summed E-state index contributed by atoms with van der Waals surface area (Å²) in [5, 5.41) is 3.33. The molecule has 0 saturated carbocycles. The fourth-order valence-corrected chi connectivity index (χ4v) is 2.25. The Hall–Kier alpha value is -1.87. The zero-order valence-electron chi connectivity index (χ0n) is 13.0. The van der Waals surface area contributed by atoms with Crippen LogP contribution in [0.25, 0.3) is 0 Å². The van der Waals surface area contributed by atoms with Crippen molar-refractivity contribution in [3.63, 3.8) is 0 Å². The molecular weight excluding hydrogens is 258 g/mol. The number of unbranched alkanes of at least 4 members (excludes halogenated alkanes) is 1. The van der Waals surface area contributed by atoms with Crippen molar-refractivity contribution in [2.24, 2.45) is 0 Å². The van der Waals surface area contributed by atoms with Crippen molar-refractivity contribution in [2.45, 2.75) is 33.2 Å². The molecule has 0 radical (unpaired) electrons. The smallest absolute Gasteiger partial charge is 0.132 e. The minimum absolute atomic E-state index is 0.879. The van der Waals surface area contributed by atoms with E-state index in [2.05, 4.69) is 71.5 Å². The van der Waals surface area contributed by atoms with Crippen LogP contribution in [0, 0.1) is 0 Å². The summed E-state index contributed by atoms with van der Waals surface area (Å²) in [6, 6.07) is 14.8. The number of rotatable bonds is 8. The summed E-state index contributed by atoms with van der Waals surface area (Å²) in [5.41, 5.74) is 2.43. The summed E-state index contributed by atoms with van der Waals surface area (Å²) in [5.74, 6) is 1.02. The molecule has 1 heterocycles. The molecule has 0 bridgehead atoms. The molecule has 1 aromatic carbocycles. The first-order valence-electron chi connectivity index (χ1n) is 7.83. The van der Waals surface area contributed by atoms with Crippen LogP contribution in [0.5, 0.6) is 0 Å². The SMILES string of the molecule is CCCCN(c1ccccc1)c1ccc(CNCC)cn1. The van der Waals surface area contributed by atoms with E-state index in [0.29, 0.717) is 0 Å². The number of pyridine rings is 1. The highest BCUT2D eigenvalue weighted by atomic mass is 15.2. The Morgan fingerprint density at radius 3 is 2.48 bits per heavy atom. The van der Waals surface area contributed by atoms with Gasteiger partial charge in [-0.25, -0.2) is 4.98 Å². The second-order valence-corrected chi connectivity index (χ2v) is 5.15. The van der Waals surface area contributed by atoms with Gasteiger partial charge in [0.15, 0.2) is 0 Å². The Morgan fingerprint density at radius 2 is 1.86 bits per heavy atom. The first kappa shape index (κ1) is 15.5. The number of nitrogens with one attached hydrogen (secondary N) is 1. The van der Waals surface area contributed by atoms with Gasteiger partial charge in [-0.1, -0.05) is 44.5 Å². The van der Waals surface area contributed by atoms with Crippen LogP contribution in [0.15, 0.2) is 48.7 Å². The van der Waals surface area contributed by atoms with Crippen molar-refractivity contribution < 1.29 is 0 Å². The van der Waals surface area contributed by atoms with E-state index in [4.69, 9.17) is 0 Å². The number of benzene rings is 1. The third-order valence-corrected chi connectivity index (χ3v) is 3.47. The lowest BCUT2D eigenvalue weighted by Crippen LogP contribution is -2.19. The predicted molar refractivity (Wildman–Crippen MR) is 90.0 cm³/mol. The quantitative estimate of drug-likeness (QED) is 0.789. The molecule has 0 aliphatic heterocycles.